The lowest BCUT2D eigenvalue weighted by Gasteiger charge is -2.38. The second-order valence-electron chi connectivity index (χ2n) is 6.41. The molecule has 1 saturated carbocycles. The molecule has 19 heavy (non-hydrogen) atoms. The normalized spacial score (nSPS) is 29.6. The van der Waals surface area contributed by atoms with Gasteiger partial charge in [0.1, 0.15) is 0 Å². The first-order chi connectivity index (χ1) is 9.08. The number of thiophene rings is 1. The number of hydrogen-bond acceptors (Lipinski definition) is 3. The summed E-state index contributed by atoms with van der Waals surface area (Å²) in [5, 5.41) is 17.9. The molecule has 1 aliphatic carbocycles. The third-order valence-corrected chi connectivity index (χ3v) is 5.23. The van der Waals surface area contributed by atoms with Gasteiger partial charge in [-0.3, -0.25) is 0 Å². The fourth-order valence-electron chi connectivity index (χ4n) is 3.28. The Hall–Kier alpha value is -0.380. The summed E-state index contributed by atoms with van der Waals surface area (Å²) in [4.78, 5) is 0. The smallest absolute Gasteiger partial charge is 0.0922 e. The first kappa shape index (κ1) is 15.0. The number of aliphatic hydroxyl groups is 1. The van der Waals surface area contributed by atoms with Crippen LogP contribution in [0.15, 0.2) is 16.8 Å². The Kier molecular flexibility index (Phi) is 5.43. The average molecular weight is 281 g/mol. The highest BCUT2D eigenvalue weighted by atomic mass is 32.1. The standard InChI is InChI=1S/C16H27NOS/c1-11(2)14-5-4-12(3)8-15(14)17-9-16(18)13-6-7-19-10-13/h6-7,10-12,14-18H,4-5,8-9H2,1-3H3. The van der Waals surface area contributed by atoms with Gasteiger partial charge >= 0.3 is 0 Å². The molecule has 2 N–H and O–H groups in total. The van der Waals surface area contributed by atoms with Gasteiger partial charge in [0.15, 0.2) is 0 Å². The summed E-state index contributed by atoms with van der Waals surface area (Å²) in [6.07, 6.45) is 3.56. The maximum atomic E-state index is 10.2. The van der Waals surface area contributed by atoms with Gasteiger partial charge in [-0.05, 0) is 53.0 Å². The highest BCUT2D eigenvalue weighted by Crippen LogP contribution is 2.33. The lowest BCUT2D eigenvalue weighted by molar-refractivity contribution is 0.130. The molecule has 0 bridgehead atoms. The molecular weight excluding hydrogens is 254 g/mol. The molecule has 2 rings (SSSR count). The summed E-state index contributed by atoms with van der Waals surface area (Å²) in [5.74, 6) is 2.29. The summed E-state index contributed by atoms with van der Waals surface area (Å²) in [5.41, 5.74) is 1.04. The SMILES string of the molecule is CC1CCC(C(C)C)C(NCC(O)c2ccsc2)C1. The van der Waals surface area contributed by atoms with Gasteiger partial charge in [0.2, 0.25) is 0 Å². The monoisotopic (exact) mass is 281 g/mol. The van der Waals surface area contributed by atoms with Crippen LogP contribution in [0.4, 0.5) is 0 Å². The molecule has 0 radical (unpaired) electrons. The number of hydrogen-bond donors (Lipinski definition) is 2. The lowest BCUT2D eigenvalue weighted by atomic mass is 9.74. The summed E-state index contributed by atoms with van der Waals surface area (Å²) in [6, 6.07) is 2.58. The predicted octanol–water partition coefficient (Wildman–Crippen LogP) is 3.83. The second-order valence-corrected chi connectivity index (χ2v) is 7.19. The third kappa shape index (κ3) is 4.04. The van der Waals surface area contributed by atoms with Crippen LogP contribution in [0.5, 0.6) is 0 Å². The molecule has 1 aromatic rings. The Morgan fingerprint density at radius 2 is 2.21 bits per heavy atom. The van der Waals surface area contributed by atoms with Crippen molar-refractivity contribution < 1.29 is 5.11 Å². The molecule has 1 heterocycles. The van der Waals surface area contributed by atoms with E-state index < -0.39 is 0 Å². The van der Waals surface area contributed by atoms with Crippen molar-refractivity contribution in [3.8, 4) is 0 Å². The van der Waals surface area contributed by atoms with Crippen molar-refractivity contribution in [1.82, 2.24) is 5.32 Å². The molecule has 1 aromatic heterocycles. The predicted molar refractivity (Wildman–Crippen MR) is 82.4 cm³/mol. The van der Waals surface area contributed by atoms with E-state index in [-0.39, 0.29) is 6.10 Å². The van der Waals surface area contributed by atoms with Gasteiger partial charge in [0, 0.05) is 12.6 Å². The fraction of sp³-hybridized carbons (Fsp3) is 0.750. The molecule has 0 aromatic carbocycles. The van der Waals surface area contributed by atoms with Crippen molar-refractivity contribution >= 4 is 11.3 Å². The first-order valence-electron chi connectivity index (χ1n) is 7.51. The van der Waals surface area contributed by atoms with Crippen molar-refractivity contribution in [3.63, 3.8) is 0 Å². The van der Waals surface area contributed by atoms with E-state index in [4.69, 9.17) is 0 Å². The third-order valence-electron chi connectivity index (χ3n) is 4.52. The van der Waals surface area contributed by atoms with E-state index in [0.717, 1.165) is 23.3 Å². The van der Waals surface area contributed by atoms with Crippen molar-refractivity contribution in [2.45, 2.75) is 52.2 Å². The zero-order valence-corrected chi connectivity index (χ0v) is 13.1. The topological polar surface area (TPSA) is 32.3 Å². The van der Waals surface area contributed by atoms with Crippen LogP contribution in [0, 0.1) is 17.8 Å². The number of nitrogens with one attached hydrogen (secondary N) is 1. The van der Waals surface area contributed by atoms with Gasteiger partial charge in [-0.15, -0.1) is 0 Å². The van der Waals surface area contributed by atoms with Crippen LogP contribution in [0.3, 0.4) is 0 Å². The Morgan fingerprint density at radius 3 is 2.84 bits per heavy atom. The molecule has 0 aliphatic heterocycles. The largest absolute Gasteiger partial charge is 0.387 e. The number of aliphatic hydroxyl groups excluding tert-OH is 1. The minimum atomic E-state index is -0.365. The zero-order chi connectivity index (χ0) is 13.8. The average Bonchev–Trinajstić information content (AvgIpc) is 2.89. The van der Waals surface area contributed by atoms with Gasteiger partial charge in [0.25, 0.3) is 0 Å². The highest BCUT2D eigenvalue weighted by molar-refractivity contribution is 7.07. The minimum absolute atomic E-state index is 0.365. The van der Waals surface area contributed by atoms with Gasteiger partial charge in [0.05, 0.1) is 6.10 Å². The molecule has 0 saturated heterocycles. The summed E-state index contributed by atoms with van der Waals surface area (Å²) < 4.78 is 0. The van der Waals surface area contributed by atoms with Crippen LogP contribution >= 0.6 is 11.3 Å². The molecule has 2 nitrogen and oxygen atoms in total. The van der Waals surface area contributed by atoms with Gasteiger partial charge < -0.3 is 10.4 Å². The molecule has 1 aliphatic rings. The van der Waals surface area contributed by atoms with Crippen LogP contribution in [-0.2, 0) is 0 Å². The molecule has 3 heteroatoms. The van der Waals surface area contributed by atoms with Crippen LogP contribution < -0.4 is 5.32 Å². The van der Waals surface area contributed by atoms with Crippen LogP contribution in [0.1, 0.15) is 51.7 Å². The minimum Gasteiger partial charge on any atom is -0.387 e. The molecule has 0 spiro atoms. The maximum absolute atomic E-state index is 10.2. The Morgan fingerprint density at radius 1 is 1.42 bits per heavy atom. The first-order valence-corrected chi connectivity index (χ1v) is 8.45. The molecule has 0 amide bonds. The Bertz CT molecular complexity index is 363. The lowest BCUT2D eigenvalue weighted by Crippen LogP contribution is -2.44. The fourth-order valence-corrected chi connectivity index (χ4v) is 3.99. The van der Waals surface area contributed by atoms with Crippen molar-refractivity contribution in [2.75, 3.05) is 6.54 Å². The quantitative estimate of drug-likeness (QED) is 0.859. The van der Waals surface area contributed by atoms with Crippen LogP contribution in [0.25, 0.3) is 0 Å². The Balaban J connectivity index is 1.88. The van der Waals surface area contributed by atoms with E-state index in [1.807, 2.05) is 16.8 Å². The summed E-state index contributed by atoms with van der Waals surface area (Å²) in [7, 11) is 0. The Labute approximate surface area is 121 Å². The van der Waals surface area contributed by atoms with E-state index in [1.165, 1.54) is 19.3 Å². The maximum Gasteiger partial charge on any atom is 0.0922 e. The van der Waals surface area contributed by atoms with Crippen LogP contribution in [-0.4, -0.2) is 17.7 Å². The second kappa shape index (κ2) is 6.87. The summed E-state index contributed by atoms with van der Waals surface area (Å²) in [6.45, 7) is 7.67. The highest BCUT2D eigenvalue weighted by Gasteiger charge is 2.30. The van der Waals surface area contributed by atoms with Crippen molar-refractivity contribution in [1.29, 1.82) is 0 Å². The molecular formula is C16H27NOS. The van der Waals surface area contributed by atoms with Gasteiger partial charge in [-0.2, -0.15) is 11.3 Å². The van der Waals surface area contributed by atoms with Crippen LogP contribution in [0.2, 0.25) is 0 Å². The molecule has 4 unspecified atom stereocenters. The van der Waals surface area contributed by atoms with E-state index >= 15 is 0 Å². The van der Waals surface area contributed by atoms with E-state index in [0.29, 0.717) is 12.6 Å². The number of rotatable bonds is 5. The van der Waals surface area contributed by atoms with Crippen molar-refractivity contribution in [3.05, 3.63) is 22.4 Å². The van der Waals surface area contributed by atoms with Crippen molar-refractivity contribution in [2.24, 2.45) is 17.8 Å². The molecule has 4 atom stereocenters. The molecule has 108 valence electrons. The molecule has 1 fully saturated rings. The van der Waals surface area contributed by atoms with Gasteiger partial charge in [-0.25, -0.2) is 0 Å². The zero-order valence-electron chi connectivity index (χ0n) is 12.3. The van der Waals surface area contributed by atoms with E-state index in [9.17, 15) is 5.11 Å². The van der Waals surface area contributed by atoms with E-state index in [2.05, 4.69) is 26.1 Å². The van der Waals surface area contributed by atoms with E-state index in [1.54, 1.807) is 11.3 Å². The van der Waals surface area contributed by atoms with Gasteiger partial charge in [-0.1, -0.05) is 27.2 Å². The summed E-state index contributed by atoms with van der Waals surface area (Å²) >= 11 is 1.65.